The Morgan fingerprint density at radius 3 is 2.48 bits per heavy atom. The first-order chi connectivity index (χ1) is 12.6. The standard InChI is InChI=1S/C21H25N3O2.ClH/c1-15(22)17-10-7-13-24(14-17)21(26)18-11-5-6-12-19(18)23-20(25)16-8-3-2-4-9-16;/h2-6,8-9,11-12,15,17H,7,10,13-14,22H2,1H3,(H,23,25);1H. The topological polar surface area (TPSA) is 75.4 Å². The van der Waals surface area contributed by atoms with Crippen LogP contribution in [0, 0.1) is 5.92 Å². The van der Waals surface area contributed by atoms with E-state index in [0.29, 0.717) is 29.3 Å². The Morgan fingerprint density at radius 2 is 1.78 bits per heavy atom. The summed E-state index contributed by atoms with van der Waals surface area (Å²) in [5.74, 6) is 0.0380. The van der Waals surface area contributed by atoms with E-state index in [9.17, 15) is 9.59 Å². The molecule has 1 aliphatic rings. The zero-order chi connectivity index (χ0) is 18.5. The summed E-state index contributed by atoms with van der Waals surface area (Å²) in [4.78, 5) is 27.3. The summed E-state index contributed by atoms with van der Waals surface area (Å²) in [7, 11) is 0. The lowest BCUT2D eigenvalue weighted by atomic mass is 9.91. The van der Waals surface area contributed by atoms with Crippen molar-refractivity contribution in [3.63, 3.8) is 0 Å². The van der Waals surface area contributed by atoms with Gasteiger partial charge >= 0.3 is 0 Å². The van der Waals surface area contributed by atoms with Crippen molar-refractivity contribution in [1.29, 1.82) is 0 Å². The maximum atomic E-state index is 13.0. The third-order valence-corrected chi connectivity index (χ3v) is 4.93. The number of amides is 2. The lowest BCUT2D eigenvalue weighted by Gasteiger charge is -2.35. The highest BCUT2D eigenvalue weighted by atomic mass is 35.5. The molecule has 3 N–H and O–H groups in total. The van der Waals surface area contributed by atoms with Gasteiger partial charge in [0.15, 0.2) is 0 Å². The van der Waals surface area contributed by atoms with Crippen molar-refractivity contribution >= 4 is 29.9 Å². The number of carbonyl (C=O) groups excluding carboxylic acids is 2. The van der Waals surface area contributed by atoms with Crippen LogP contribution in [0.15, 0.2) is 54.6 Å². The van der Waals surface area contributed by atoms with Crippen molar-refractivity contribution < 1.29 is 9.59 Å². The van der Waals surface area contributed by atoms with Crippen molar-refractivity contribution in [1.82, 2.24) is 4.90 Å². The summed E-state index contributed by atoms with van der Waals surface area (Å²) in [6.45, 7) is 3.38. The minimum absolute atomic E-state index is 0. The van der Waals surface area contributed by atoms with E-state index >= 15 is 0 Å². The van der Waals surface area contributed by atoms with Gasteiger partial charge in [-0.2, -0.15) is 0 Å². The van der Waals surface area contributed by atoms with Gasteiger partial charge in [0.25, 0.3) is 11.8 Å². The van der Waals surface area contributed by atoms with Gasteiger partial charge in [-0.05, 0) is 49.9 Å². The molecule has 3 rings (SSSR count). The SMILES string of the molecule is CC(N)C1CCCN(C(=O)c2ccccc2NC(=O)c2ccccc2)C1.Cl. The van der Waals surface area contributed by atoms with Gasteiger partial charge in [0.2, 0.25) is 0 Å². The van der Waals surface area contributed by atoms with Gasteiger partial charge in [0.1, 0.15) is 0 Å². The number of likely N-dealkylation sites (tertiary alicyclic amines) is 1. The van der Waals surface area contributed by atoms with Crippen LogP contribution in [0.5, 0.6) is 0 Å². The van der Waals surface area contributed by atoms with Crippen molar-refractivity contribution in [2.75, 3.05) is 18.4 Å². The first kappa shape index (κ1) is 20.9. The number of anilines is 1. The summed E-state index contributed by atoms with van der Waals surface area (Å²) >= 11 is 0. The Balaban J connectivity index is 0.00000261. The molecule has 0 spiro atoms. The average molecular weight is 388 g/mol. The van der Waals surface area contributed by atoms with Crippen LogP contribution in [0.25, 0.3) is 0 Å². The van der Waals surface area contributed by atoms with Gasteiger partial charge in [0.05, 0.1) is 11.3 Å². The number of halogens is 1. The molecule has 1 aliphatic heterocycles. The van der Waals surface area contributed by atoms with Gasteiger partial charge in [-0.3, -0.25) is 9.59 Å². The maximum absolute atomic E-state index is 13.0. The molecule has 1 saturated heterocycles. The number of carbonyl (C=O) groups is 2. The zero-order valence-corrected chi connectivity index (χ0v) is 16.2. The molecule has 2 unspecified atom stereocenters. The van der Waals surface area contributed by atoms with E-state index in [-0.39, 0.29) is 30.3 Å². The van der Waals surface area contributed by atoms with Crippen LogP contribution >= 0.6 is 12.4 Å². The molecule has 6 heteroatoms. The molecule has 0 radical (unpaired) electrons. The molecule has 0 saturated carbocycles. The highest BCUT2D eigenvalue weighted by molar-refractivity contribution is 6.09. The van der Waals surface area contributed by atoms with E-state index in [1.807, 2.05) is 42.2 Å². The number of nitrogens with zero attached hydrogens (tertiary/aromatic N) is 1. The zero-order valence-electron chi connectivity index (χ0n) is 15.4. The van der Waals surface area contributed by atoms with Crippen LogP contribution in [0.4, 0.5) is 5.69 Å². The Kier molecular flexibility index (Phi) is 7.39. The van der Waals surface area contributed by atoms with Crippen LogP contribution in [-0.2, 0) is 0 Å². The largest absolute Gasteiger partial charge is 0.338 e. The average Bonchev–Trinajstić information content (AvgIpc) is 2.68. The second-order valence-corrected chi connectivity index (χ2v) is 6.88. The number of piperidine rings is 1. The van der Waals surface area contributed by atoms with Crippen molar-refractivity contribution in [3.05, 3.63) is 65.7 Å². The van der Waals surface area contributed by atoms with Crippen molar-refractivity contribution in [2.24, 2.45) is 11.7 Å². The van der Waals surface area contributed by atoms with E-state index in [1.54, 1.807) is 24.3 Å². The van der Waals surface area contributed by atoms with Crippen molar-refractivity contribution in [2.45, 2.75) is 25.8 Å². The summed E-state index contributed by atoms with van der Waals surface area (Å²) in [5, 5.41) is 2.87. The minimum atomic E-state index is -0.224. The monoisotopic (exact) mass is 387 g/mol. The number of rotatable bonds is 4. The Bertz CT molecular complexity index is 780. The van der Waals surface area contributed by atoms with E-state index in [4.69, 9.17) is 5.73 Å². The molecule has 2 aromatic rings. The molecule has 0 aliphatic carbocycles. The molecule has 2 amide bonds. The van der Waals surface area contributed by atoms with Crippen LogP contribution in [-0.4, -0.2) is 35.8 Å². The van der Waals surface area contributed by atoms with Gasteiger partial charge in [-0.25, -0.2) is 0 Å². The predicted octanol–water partition coefficient (Wildman–Crippen LogP) is 3.56. The molecule has 1 heterocycles. The fourth-order valence-corrected chi connectivity index (χ4v) is 3.36. The molecule has 1 fully saturated rings. The van der Waals surface area contributed by atoms with Crippen LogP contribution < -0.4 is 11.1 Å². The molecule has 144 valence electrons. The normalized spacial score (nSPS) is 17.6. The van der Waals surface area contributed by atoms with Crippen molar-refractivity contribution in [3.8, 4) is 0 Å². The summed E-state index contributed by atoms with van der Waals surface area (Å²) in [6.07, 6.45) is 2.00. The molecule has 0 bridgehead atoms. The minimum Gasteiger partial charge on any atom is -0.338 e. The fraction of sp³-hybridized carbons (Fsp3) is 0.333. The lowest BCUT2D eigenvalue weighted by molar-refractivity contribution is 0.0662. The summed E-state index contributed by atoms with van der Waals surface area (Å²) in [6, 6.07) is 16.2. The van der Waals surface area contributed by atoms with E-state index in [2.05, 4.69) is 5.32 Å². The molecule has 2 atom stereocenters. The molecular weight excluding hydrogens is 362 g/mol. The fourth-order valence-electron chi connectivity index (χ4n) is 3.36. The molecule has 5 nitrogen and oxygen atoms in total. The molecule has 2 aromatic carbocycles. The molecule has 27 heavy (non-hydrogen) atoms. The van der Waals surface area contributed by atoms with E-state index in [1.165, 1.54) is 0 Å². The van der Waals surface area contributed by atoms with E-state index < -0.39 is 0 Å². The smallest absolute Gasteiger partial charge is 0.255 e. The summed E-state index contributed by atoms with van der Waals surface area (Å²) in [5.41, 5.74) is 7.65. The Hall–Kier alpha value is -2.37. The Labute approximate surface area is 166 Å². The van der Waals surface area contributed by atoms with Gasteiger partial charge in [-0.1, -0.05) is 30.3 Å². The lowest BCUT2D eigenvalue weighted by Crippen LogP contribution is -2.45. The molecular formula is C21H26ClN3O2. The number of hydrogen-bond acceptors (Lipinski definition) is 3. The number of hydrogen-bond donors (Lipinski definition) is 2. The maximum Gasteiger partial charge on any atom is 0.255 e. The second-order valence-electron chi connectivity index (χ2n) is 6.88. The van der Waals surface area contributed by atoms with Gasteiger partial charge in [0, 0.05) is 24.7 Å². The van der Waals surface area contributed by atoms with Crippen LogP contribution in [0.3, 0.4) is 0 Å². The number of nitrogens with two attached hydrogens (primary N) is 1. The molecule has 0 aromatic heterocycles. The van der Waals surface area contributed by atoms with E-state index in [0.717, 1.165) is 19.4 Å². The first-order valence-electron chi connectivity index (χ1n) is 9.06. The van der Waals surface area contributed by atoms with Crippen LogP contribution in [0.1, 0.15) is 40.5 Å². The number of para-hydroxylation sites is 1. The van der Waals surface area contributed by atoms with Gasteiger partial charge in [-0.15, -0.1) is 12.4 Å². The number of nitrogens with one attached hydrogen (secondary N) is 1. The Morgan fingerprint density at radius 1 is 1.11 bits per heavy atom. The van der Waals surface area contributed by atoms with Crippen LogP contribution in [0.2, 0.25) is 0 Å². The quantitative estimate of drug-likeness (QED) is 0.842. The third kappa shape index (κ3) is 5.08. The predicted molar refractivity (Wildman–Crippen MR) is 110 cm³/mol. The van der Waals surface area contributed by atoms with Gasteiger partial charge < -0.3 is 16.0 Å². The first-order valence-corrected chi connectivity index (χ1v) is 9.06. The number of benzene rings is 2. The highest BCUT2D eigenvalue weighted by Gasteiger charge is 2.27. The second kappa shape index (κ2) is 9.53. The highest BCUT2D eigenvalue weighted by Crippen LogP contribution is 2.24. The summed E-state index contributed by atoms with van der Waals surface area (Å²) < 4.78 is 0. The third-order valence-electron chi connectivity index (χ3n) is 4.93.